The zero-order chi connectivity index (χ0) is 15.1. The number of benzene rings is 1. The van der Waals surface area contributed by atoms with E-state index in [4.69, 9.17) is 4.74 Å². The molecule has 0 radical (unpaired) electrons. The fourth-order valence-electron chi connectivity index (χ4n) is 2.61. The molecule has 1 aromatic heterocycles. The van der Waals surface area contributed by atoms with Gasteiger partial charge in [-0.15, -0.1) is 0 Å². The van der Waals surface area contributed by atoms with E-state index in [0.717, 1.165) is 6.54 Å². The summed E-state index contributed by atoms with van der Waals surface area (Å²) in [6.07, 6.45) is 3.76. The second-order valence-electron chi connectivity index (χ2n) is 5.05. The first-order chi connectivity index (χ1) is 10.3. The van der Waals surface area contributed by atoms with E-state index >= 15 is 0 Å². The number of aryl methyl sites for hydroxylation is 1. The van der Waals surface area contributed by atoms with Gasteiger partial charge in [0, 0.05) is 19.0 Å². The van der Waals surface area contributed by atoms with Gasteiger partial charge in [-0.1, -0.05) is 37.3 Å². The number of ether oxygens (including phenoxy) is 1. The lowest BCUT2D eigenvalue weighted by molar-refractivity contribution is 0.0328. The Morgan fingerprint density at radius 1 is 1.14 bits per heavy atom. The van der Waals surface area contributed by atoms with E-state index in [2.05, 4.69) is 48.4 Å². The Balaban J connectivity index is 2.40. The summed E-state index contributed by atoms with van der Waals surface area (Å²) in [4.78, 5) is 4.29. The van der Waals surface area contributed by atoms with Crippen LogP contribution < -0.4 is 5.32 Å². The van der Waals surface area contributed by atoms with Crippen LogP contribution in [0.1, 0.15) is 42.7 Å². The summed E-state index contributed by atoms with van der Waals surface area (Å²) in [7, 11) is 0. The fraction of sp³-hybridized carbons (Fsp3) is 0.389. The fourth-order valence-corrected chi connectivity index (χ4v) is 2.61. The molecule has 3 nitrogen and oxygen atoms in total. The van der Waals surface area contributed by atoms with Gasteiger partial charge in [0.15, 0.2) is 0 Å². The van der Waals surface area contributed by atoms with Crippen molar-refractivity contribution < 1.29 is 4.74 Å². The number of pyridine rings is 1. The predicted octanol–water partition coefficient (Wildman–Crippen LogP) is 3.82. The summed E-state index contributed by atoms with van der Waals surface area (Å²) in [6.45, 7) is 7.84. The van der Waals surface area contributed by atoms with Crippen LogP contribution in [0, 0.1) is 6.92 Å². The highest BCUT2D eigenvalue weighted by atomic mass is 16.5. The molecule has 1 aromatic carbocycles. The average Bonchev–Trinajstić information content (AvgIpc) is 2.52. The molecule has 2 atom stereocenters. The van der Waals surface area contributed by atoms with Gasteiger partial charge in [0.25, 0.3) is 0 Å². The number of nitrogens with one attached hydrogen (secondary N) is 1. The van der Waals surface area contributed by atoms with Crippen molar-refractivity contribution in [3.63, 3.8) is 0 Å². The van der Waals surface area contributed by atoms with E-state index in [0.29, 0.717) is 6.61 Å². The van der Waals surface area contributed by atoms with Crippen molar-refractivity contribution in [2.24, 2.45) is 0 Å². The topological polar surface area (TPSA) is 34.2 Å². The van der Waals surface area contributed by atoms with E-state index in [1.165, 1.54) is 16.7 Å². The Kier molecular flexibility index (Phi) is 5.90. The Hall–Kier alpha value is -1.71. The van der Waals surface area contributed by atoms with Gasteiger partial charge in [-0.2, -0.15) is 0 Å². The van der Waals surface area contributed by atoms with Crippen LogP contribution in [0.5, 0.6) is 0 Å². The maximum absolute atomic E-state index is 6.06. The first-order valence-electron chi connectivity index (χ1n) is 7.58. The maximum Gasteiger partial charge on any atom is 0.102 e. The summed E-state index contributed by atoms with van der Waals surface area (Å²) >= 11 is 0. The molecule has 0 aliphatic rings. The molecule has 0 amide bonds. The molecule has 2 unspecified atom stereocenters. The van der Waals surface area contributed by atoms with E-state index in [1.807, 2.05) is 31.5 Å². The molecule has 0 bridgehead atoms. The second kappa shape index (κ2) is 7.91. The highest BCUT2D eigenvalue weighted by Gasteiger charge is 2.25. The Morgan fingerprint density at radius 3 is 2.52 bits per heavy atom. The monoisotopic (exact) mass is 284 g/mol. The van der Waals surface area contributed by atoms with Crippen LogP contribution in [-0.2, 0) is 4.74 Å². The number of nitrogens with zero attached hydrogens (tertiary/aromatic N) is 1. The van der Waals surface area contributed by atoms with Gasteiger partial charge >= 0.3 is 0 Å². The number of hydrogen-bond acceptors (Lipinski definition) is 3. The zero-order valence-electron chi connectivity index (χ0n) is 13.0. The van der Waals surface area contributed by atoms with Crippen molar-refractivity contribution >= 4 is 0 Å². The van der Waals surface area contributed by atoms with Crippen molar-refractivity contribution in [1.82, 2.24) is 10.3 Å². The number of aromatic nitrogens is 1. The van der Waals surface area contributed by atoms with E-state index < -0.39 is 0 Å². The van der Waals surface area contributed by atoms with E-state index in [9.17, 15) is 0 Å². The largest absolute Gasteiger partial charge is 0.372 e. The minimum atomic E-state index is -0.0148. The standard InChI is InChI=1S/C18H24N2O/c1-4-20-17(16-13-19-12-11-14(16)3)18(21-5-2)15-9-7-6-8-10-15/h6-13,17-18,20H,4-5H2,1-3H3. The van der Waals surface area contributed by atoms with Crippen LogP contribution in [-0.4, -0.2) is 18.1 Å². The maximum atomic E-state index is 6.06. The predicted molar refractivity (Wildman–Crippen MR) is 86.2 cm³/mol. The SMILES string of the molecule is CCNC(c1cnccc1C)C(OCC)c1ccccc1. The minimum Gasteiger partial charge on any atom is -0.372 e. The molecule has 0 spiro atoms. The van der Waals surface area contributed by atoms with Crippen LogP contribution >= 0.6 is 0 Å². The molecule has 3 heteroatoms. The quantitative estimate of drug-likeness (QED) is 0.839. The molecular formula is C18H24N2O. The molecule has 0 fully saturated rings. The van der Waals surface area contributed by atoms with Gasteiger partial charge in [-0.05, 0) is 43.1 Å². The minimum absolute atomic E-state index is 0.0148. The van der Waals surface area contributed by atoms with Crippen LogP contribution in [0.15, 0.2) is 48.8 Å². The Labute approximate surface area is 127 Å². The first kappa shape index (κ1) is 15.7. The van der Waals surface area contributed by atoms with Crippen LogP contribution in [0.4, 0.5) is 0 Å². The molecule has 2 aromatic rings. The summed E-state index contributed by atoms with van der Waals surface area (Å²) in [5, 5.41) is 3.56. The van der Waals surface area contributed by atoms with E-state index in [-0.39, 0.29) is 12.1 Å². The summed E-state index contributed by atoms with van der Waals surface area (Å²) in [5.41, 5.74) is 3.62. The number of likely N-dealkylation sites (N-methyl/N-ethyl adjacent to an activating group) is 1. The highest BCUT2D eigenvalue weighted by Crippen LogP contribution is 2.33. The second-order valence-corrected chi connectivity index (χ2v) is 5.05. The molecule has 112 valence electrons. The van der Waals surface area contributed by atoms with Gasteiger partial charge in [0.05, 0.1) is 6.04 Å². The smallest absolute Gasteiger partial charge is 0.102 e. The van der Waals surface area contributed by atoms with Crippen LogP contribution in [0.2, 0.25) is 0 Å². The molecule has 21 heavy (non-hydrogen) atoms. The van der Waals surface area contributed by atoms with Crippen molar-refractivity contribution in [2.75, 3.05) is 13.2 Å². The van der Waals surface area contributed by atoms with E-state index in [1.54, 1.807) is 0 Å². The average molecular weight is 284 g/mol. The van der Waals surface area contributed by atoms with Gasteiger partial charge in [-0.3, -0.25) is 4.98 Å². The lowest BCUT2D eigenvalue weighted by atomic mass is 9.94. The summed E-state index contributed by atoms with van der Waals surface area (Å²) in [5.74, 6) is 0. The molecular weight excluding hydrogens is 260 g/mol. The zero-order valence-corrected chi connectivity index (χ0v) is 13.0. The van der Waals surface area contributed by atoms with Crippen LogP contribution in [0.3, 0.4) is 0 Å². The molecule has 2 rings (SSSR count). The van der Waals surface area contributed by atoms with Gasteiger partial charge in [-0.25, -0.2) is 0 Å². The number of rotatable bonds is 7. The van der Waals surface area contributed by atoms with Crippen molar-refractivity contribution in [2.45, 2.75) is 32.9 Å². The molecule has 0 saturated carbocycles. The molecule has 1 heterocycles. The summed E-state index contributed by atoms with van der Waals surface area (Å²) in [6, 6.07) is 12.5. The molecule has 1 N–H and O–H groups in total. The first-order valence-corrected chi connectivity index (χ1v) is 7.58. The molecule has 0 saturated heterocycles. The Morgan fingerprint density at radius 2 is 1.90 bits per heavy atom. The third-order valence-corrected chi connectivity index (χ3v) is 3.62. The lowest BCUT2D eigenvalue weighted by Gasteiger charge is -2.29. The molecule has 0 aliphatic carbocycles. The normalized spacial score (nSPS) is 13.9. The van der Waals surface area contributed by atoms with Gasteiger partial charge in [0.1, 0.15) is 6.10 Å². The Bertz CT molecular complexity index is 542. The third kappa shape index (κ3) is 3.90. The van der Waals surface area contributed by atoms with Gasteiger partial charge in [0.2, 0.25) is 0 Å². The highest BCUT2D eigenvalue weighted by molar-refractivity contribution is 5.30. The van der Waals surface area contributed by atoms with Crippen molar-refractivity contribution in [3.8, 4) is 0 Å². The van der Waals surface area contributed by atoms with Crippen LogP contribution in [0.25, 0.3) is 0 Å². The van der Waals surface area contributed by atoms with Crippen molar-refractivity contribution in [1.29, 1.82) is 0 Å². The van der Waals surface area contributed by atoms with Crippen molar-refractivity contribution in [3.05, 3.63) is 65.5 Å². The third-order valence-electron chi connectivity index (χ3n) is 3.62. The summed E-state index contributed by atoms with van der Waals surface area (Å²) < 4.78 is 6.06. The lowest BCUT2D eigenvalue weighted by Crippen LogP contribution is -2.29. The molecule has 0 aliphatic heterocycles. The van der Waals surface area contributed by atoms with Gasteiger partial charge < -0.3 is 10.1 Å². The number of hydrogen-bond donors (Lipinski definition) is 1.